The Hall–Kier alpha value is -3.41. The highest BCUT2D eigenvalue weighted by Crippen LogP contribution is 2.22. The number of carbonyl (C=O) groups is 1. The fraction of sp³-hybridized carbons (Fsp3) is 0.105. The summed E-state index contributed by atoms with van der Waals surface area (Å²) in [5.41, 5.74) is 3.40. The van der Waals surface area contributed by atoms with E-state index >= 15 is 0 Å². The molecule has 3 N–H and O–H groups in total. The molecule has 0 aliphatic rings. The van der Waals surface area contributed by atoms with E-state index in [1.807, 2.05) is 61.5 Å². The molecule has 0 saturated heterocycles. The van der Waals surface area contributed by atoms with Crippen LogP contribution in [0.2, 0.25) is 0 Å². The lowest BCUT2D eigenvalue weighted by atomic mass is 10.2. The van der Waals surface area contributed by atoms with Gasteiger partial charge in [-0.2, -0.15) is 4.98 Å². The Kier molecular flexibility index (Phi) is 4.89. The van der Waals surface area contributed by atoms with Crippen LogP contribution in [0.5, 0.6) is 0 Å². The predicted octanol–water partition coefficient (Wildman–Crippen LogP) is 4.23. The van der Waals surface area contributed by atoms with E-state index in [-0.39, 0.29) is 5.91 Å². The largest absolute Gasteiger partial charge is 0.340 e. The fourth-order valence-electron chi connectivity index (χ4n) is 2.29. The van der Waals surface area contributed by atoms with Crippen LogP contribution in [0.1, 0.15) is 12.5 Å². The van der Waals surface area contributed by atoms with Crippen molar-refractivity contribution in [3.05, 3.63) is 66.4 Å². The SMILES string of the molecule is CC(=O)Nc1cccc(Nc2nc(Nc3ccccc3)ncc2C)c1. The molecular formula is C19H19N5O. The second-order valence-electron chi connectivity index (χ2n) is 5.60. The lowest BCUT2D eigenvalue weighted by molar-refractivity contribution is -0.114. The van der Waals surface area contributed by atoms with Crippen molar-refractivity contribution < 1.29 is 4.79 Å². The summed E-state index contributed by atoms with van der Waals surface area (Å²) in [4.78, 5) is 20.0. The first-order valence-corrected chi connectivity index (χ1v) is 7.90. The van der Waals surface area contributed by atoms with Gasteiger partial charge in [0.1, 0.15) is 5.82 Å². The minimum Gasteiger partial charge on any atom is -0.340 e. The van der Waals surface area contributed by atoms with E-state index in [0.29, 0.717) is 11.8 Å². The van der Waals surface area contributed by atoms with E-state index in [2.05, 4.69) is 25.9 Å². The van der Waals surface area contributed by atoms with Crippen LogP contribution in [0.4, 0.5) is 28.8 Å². The number of carbonyl (C=O) groups excluding carboxylic acids is 1. The number of amides is 1. The summed E-state index contributed by atoms with van der Waals surface area (Å²) in [6.07, 6.45) is 1.76. The third kappa shape index (κ3) is 4.54. The summed E-state index contributed by atoms with van der Waals surface area (Å²) in [6.45, 7) is 3.42. The smallest absolute Gasteiger partial charge is 0.229 e. The first kappa shape index (κ1) is 16.4. The van der Waals surface area contributed by atoms with Crippen molar-refractivity contribution in [2.75, 3.05) is 16.0 Å². The molecule has 0 spiro atoms. The summed E-state index contributed by atoms with van der Waals surface area (Å²) in [7, 11) is 0. The van der Waals surface area contributed by atoms with Gasteiger partial charge >= 0.3 is 0 Å². The number of nitrogens with one attached hydrogen (secondary N) is 3. The Morgan fingerprint density at radius 2 is 1.64 bits per heavy atom. The summed E-state index contributed by atoms with van der Waals surface area (Å²) in [5.74, 6) is 1.11. The van der Waals surface area contributed by atoms with Gasteiger partial charge in [0, 0.05) is 35.7 Å². The van der Waals surface area contributed by atoms with Crippen molar-refractivity contribution in [3.63, 3.8) is 0 Å². The van der Waals surface area contributed by atoms with Crippen LogP contribution in [0.25, 0.3) is 0 Å². The first-order chi connectivity index (χ1) is 12.1. The molecule has 1 amide bonds. The molecular weight excluding hydrogens is 314 g/mol. The number of para-hydroxylation sites is 1. The first-order valence-electron chi connectivity index (χ1n) is 7.90. The number of nitrogens with zero attached hydrogens (tertiary/aromatic N) is 2. The highest BCUT2D eigenvalue weighted by Gasteiger charge is 2.06. The molecule has 0 fully saturated rings. The standard InChI is InChI=1S/C19H19N5O/c1-13-12-20-19(23-15-7-4-3-5-8-15)24-18(13)22-17-10-6-9-16(11-17)21-14(2)25/h3-12H,1-2H3,(H,21,25)(H2,20,22,23,24). The molecule has 1 aromatic heterocycles. The second-order valence-corrected chi connectivity index (χ2v) is 5.60. The Bertz CT molecular complexity index is 880. The number of rotatable bonds is 5. The maximum atomic E-state index is 11.2. The maximum absolute atomic E-state index is 11.2. The van der Waals surface area contributed by atoms with E-state index < -0.39 is 0 Å². The van der Waals surface area contributed by atoms with Gasteiger partial charge in [0.25, 0.3) is 0 Å². The van der Waals surface area contributed by atoms with E-state index in [1.54, 1.807) is 6.20 Å². The van der Waals surface area contributed by atoms with E-state index in [1.165, 1.54) is 6.92 Å². The quantitative estimate of drug-likeness (QED) is 0.651. The molecule has 1 heterocycles. The molecule has 0 atom stereocenters. The van der Waals surface area contributed by atoms with Gasteiger partial charge in [-0.3, -0.25) is 4.79 Å². The molecule has 25 heavy (non-hydrogen) atoms. The Morgan fingerprint density at radius 1 is 0.920 bits per heavy atom. The predicted molar refractivity (Wildman–Crippen MR) is 101 cm³/mol. The number of hydrogen-bond acceptors (Lipinski definition) is 5. The van der Waals surface area contributed by atoms with Gasteiger partial charge in [0.2, 0.25) is 11.9 Å². The van der Waals surface area contributed by atoms with Crippen molar-refractivity contribution in [1.29, 1.82) is 0 Å². The van der Waals surface area contributed by atoms with Crippen molar-refractivity contribution in [1.82, 2.24) is 9.97 Å². The zero-order chi connectivity index (χ0) is 17.6. The highest BCUT2D eigenvalue weighted by molar-refractivity contribution is 5.89. The van der Waals surface area contributed by atoms with Crippen molar-refractivity contribution in [3.8, 4) is 0 Å². The lowest BCUT2D eigenvalue weighted by Crippen LogP contribution is -2.06. The van der Waals surface area contributed by atoms with Gasteiger partial charge in [0.05, 0.1) is 0 Å². The summed E-state index contributed by atoms with van der Waals surface area (Å²) in [5, 5.41) is 9.21. The van der Waals surface area contributed by atoms with Gasteiger partial charge in [-0.25, -0.2) is 4.98 Å². The summed E-state index contributed by atoms with van der Waals surface area (Å²) < 4.78 is 0. The monoisotopic (exact) mass is 333 g/mol. The molecule has 0 radical (unpaired) electrons. The van der Waals surface area contributed by atoms with Gasteiger partial charge in [0.15, 0.2) is 0 Å². The molecule has 3 aromatic rings. The molecule has 0 saturated carbocycles. The van der Waals surface area contributed by atoms with E-state index in [9.17, 15) is 4.79 Å². The third-order valence-corrected chi connectivity index (χ3v) is 3.45. The van der Waals surface area contributed by atoms with Crippen LogP contribution in [0, 0.1) is 6.92 Å². The average Bonchev–Trinajstić information content (AvgIpc) is 2.59. The summed E-state index contributed by atoms with van der Waals surface area (Å²) in [6, 6.07) is 17.2. The van der Waals surface area contributed by atoms with Gasteiger partial charge in [-0.15, -0.1) is 0 Å². The molecule has 126 valence electrons. The van der Waals surface area contributed by atoms with Crippen molar-refractivity contribution in [2.24, 2.45) is 0 Å². The minimum absolute atomic E-state index is 0.107. The Labute approximate surface area is 146 Å². The van der Waals surface area contributed by atoms with Gasteiger partial charge < -0.3 is 16.0 Å². The summed E-state index contributed by atoms with van der Waals surface area (Å²) >= 11 is 0. The number of aromatic nitrogens is 2. The molecule has 0 bridgehead atoms. The molecule has 2 aromatic carbocycles. The normalized spacial score (nSPS) is 10.2. The molecule has 0 aliphatic heterocycles. The van der Waals surface area contributed by atoms with Crippen molar-refractivity contribution >= 4 is 34.7 Å². The average molecular weight is 333 g/mol. The number of benzene rings is 2. The van der Waals surface area contributed by atoms with Crippen LogP contribution < -0.4 is 16.0 Å². The van der Waals surface area contributed by atoms with Gasteiger partial charge in [-0.1, -0.05) is 24.3 Å². The molecule has 6 heteroatoms. The number of aryl methyl sites for hydroxylation is 1. The maximum Gasteiger partial charge on any atom is 0.229 e. The molecule has 3 rings (SSSR count). The Balaban J connectivity index is 1.80. The zero-order valence-corrected chi connectivity index (χ0v) is 14.1. The Morgan fingerprint density at radius 3 is 2.40 bits per heavy atom. The van der Waals surface area contributed by atoms with Crippen LogP contribution >= 0.6 is 0 Å². The van der Waals surface area contributed by atoms with Crippen LogP contribution in [-0.4, -0.2) is 15.9 Å². The molecule has 0 aliphatic carbocycles. The lowest BCUT2D eigenvalue weighted by Gasteiger charge is -2.12. The third-order valence-electron chi connectivity index (χ3n) is 3.45. The molecule has 0 unspecified atom stereocenters. The number of anilines is 5. The number of hydrogen-bond donors (Lipinski definition) is 3. The van der Waals surface area contributed by atoms with E-state index in [0.717, 1.165) is 22.6 Å². The fourth-order valence-corrected chi connectivity index (χ4v) is 2.29. The van der Waals surface area contributed by atoms with Crippen LogP contribution in [0.3, 0.4) is 0 Å². The van der Waals surface area contributed by atoms with Crippen molar-refractivity contribution in [2.45, 2.75) is 13.8 Å². The minimum atomic E-state index is -0.107. The highest BCUT2D eigenvalue weighted by atomic mass is 16.1. The topological polar surface area (TPSA) is 78.9 Å². The van der Waals surface area contributed by atoms with Crippen LogP contribution in [-0.2, 0) is 4.79 Å². The zero-order valence-electron chi connectivity index (χ0n) is 14.1. The van der Waals surface area contributed by atoms with E-state index in [4.69, 9.17) is 0 Å². The second kappa shape index (κ2) is 7.44. The molecule has 6 nitrogen and oxygen atoms in total. The van der Waals surface area contributed by atoms with Gasteiger partial charge in [-0.05, 0) is 37.3 Å². The van der Waals surface area contributed by atoms with Crippen LogP contribution in [0.15, 0.2) is 60.8 Å².